The van der Waals surface area contributed by atoms with Crippen LogP contribution >= 0.6 is 0 Å². The van der Waals surface area contributed by atoms with Crippen LogP contribution in [0.1, 0.15) is 53.4 Å². The molecular formula is C14H25NO3. The molecule has 0 radical (unpaired) electrons. The number of rotatable bonds is 6. The number of alkyl carbamates (subject to hydrolysis) is 1. The third-order valence-electron chi connectivity index (χ3n) is 2.95. The number of amides is 1. The van der Waals surface area contributed by atoms with E-state index in [4.69, 9.17) is 4.74 Å². The summed E-state index contributed by atoms with van der Waals surface area (Å²) < 4.78 is 5.12. The van der Waals surface area contributed by atoms with Crippen molar-refractivity contribution < 1.29 is 14.3 Å². The zero-order valence-electron chi connectivity index (χ0n) is 11.9. The Hall–Kier alpha value is -1.06. The summed E-state index contributed by atoms with van der Waals surface area (Å²) in [6.07, 6.45) is 3.41. The van der Waals surface area contributed by atoms with Gasteiger partial charge in [-0.15, -0.1) is 0 Å². The molecule has 1 rings (SSSR count). The smallest absolute Gasteiger partial charge is 0.407 e. The molecule has 0 aromatic heterocycles. The molecule has 1 amide bonds. The quantitative estimate of drug-likeness (QED) is 0.742. The van der Waals surface area contributed by atoms with E-state index < -0.39 is 5.60 Å². The number of carbonyl (C=O) groups excluding carboxylic acids is 2. The van der Waals surface area contributed by atoms with Crippen LogP contribution in [-0.4, -0.2) is 24.0 Å². The lowest BCUT2D eigenvalue weighted by atomic mass is 9.97. The lowest BCUT2D eigenvalue weighted by molar-refractivity contribution is -0.123. The molecule has 1 atom stereocenters. The van der Waals surface area contributed by atoms with Crippen LogP contribution in [0.5, 0.6) is 0 Å². The highest BCUT2D eigenvalue weighted by atomic mass is 16.6. The van der Waals surface area contributed by atoms with Crippen molar-refractivity contribution in [3.8, 4) is 0 Å². The molecule has 0 saturated heterocycles. The Kier molecular flexibility index (Phi) is 5.17. The van der Waals surface area contributed by atoms with E-state index in [1.807, 2.05) is 27.7 Å². The molecule has 0 aliphatic heterocycles. The van der Waals surface area contributed by atoms with Crippen LogP contribution in [-0.2, 0) is 9.53 Å². The standard InChI is InChI=1S/C14H25NO3/c1-10(12(16)11-7-8-11)6-5-9-15-13(17)18-14(2,3)4/h10-11H,5-9H2,1-4H3,(H,15,17). The minimum absolute atomic E-state index is 0.123. The van der Waals surface area contributed by atoms with Crippen LogP contribution in [0.15, 0.2) is 0 Å². The highest BCUT2D eigenvalue weighted by molar-refractivity contribution is 5.85. The van der Waals surface area contributed by atoms with Crippen molar-refractivity contribution in [1.82, 2.24) is 5.32 Å². The maximum Gasteiger partial charge on any atom is 0.407 e. The molecular weight excluding hydrogens is 230 g/mol. The van der Waals surface area contributed by atoms with Crippen molar-refractivity contribution in [3.63, 3.8) is 0 Å². The minimum Gasteiger partial charge on any atom is -0.444 e. The average Bonchev–Trinajstić information content (AvgIpc) is 3.04. The molecule has 4 heteroatoms. The van der Waals surface area contributed by atoms with E-state index in [-0.39, 0.29) is 12.0 Å². The molecule has 0 heterocycles. The van der Waals surface area contributed by atoms with Crippen molar-refractivity contribution >= 4 is 11.9 Å². The zero-order valence-corrected chi connectivity index (χ0v) is 11.9. The Morgan fingerprint density at radius 2 is 1.94 bits per heavy atom. The third kappa shape index (κ3) is 6.03. The second kappa shape index (κ2) is 6.21. The van der Waals surface area contributed by atoms with E-state index in [0.717, 1.165) is 25.7 Å². The molecule has 0 aromatic rings. The largest absolute Gasteiger partial charge is 0.444 e. The molecule has 1 saturated carbocycles. The van der Waals surface area contributed by atoms with Gasteiger partial charge in [0, 0.05) is 18.4 Å². The maximum atomic E-state index is 11.7. The van der Waals surface area contributed by atoms with Gasteiger partial charge in [0.1, 0.15) is 11.4 Å². The van der Waals surface area contributed by atoms with Crippen molar-refractivity contribution in [2.45, 2.75) is 59.0 Å². The number of Topliss-reactive ketones (excluding diaryl/α,β-unsaturated/α-hetero) is 1. The summed E-state index contributed by atoms with van der Waals surface area (Å²) in [7, 11) is 0. The Bertz CT molecular complexity index is 303. The molecule has 1 unspecified atom stereocenters. The number of ketones is 1. The van der Waals surface area contributed by atoms with Crippen molar-refractivity contribution in [2.24, 2.45) is 11.8 Å². The van der Waals surface area contributed by atoms with Crippen LogP contribution in [0.4, 0.5) is 4.79 Å². The zero-order chi connectivity index (χ0) is 13.8. The second-order valence-corrected chi connectivity index (χ2v) is 6.15. The first-order valence-electron chi connectivity index (χ1n) is 6.80. The predicted octanol–water partition coefficient (Wildman–Crippen LogP) is 2.91. The van der Waals surface area contributed by atoms with Gasteiger partial charge in [0.15, 0.2) is 0 Å². The number of carbonyl (C=O) groups is 2. The van der Waals surface area contributed by atoms with Crippen molar-refractivity contribution in [2.75, 3.05) is 6.54 Å². The summed E-state index contributed by atoms with van der Waals surface area (Å²) in [4.78, 5) is 23.1. The van der Waals surface area contributed by atoms with Gasteiger partial charge >= 0.3 is 6.09 Å². The molecule has 0 spiro atoms. The fourth-order valence-electron chi connectivity index (χ4n) is 1.83. The number of ether oxygens (including phenoxy) is 1. The Morgan fingerprint density at radius 1 is 1.33 bits per heavy atom. The van der Waals surface area contributed by atoms with E-state index in [9.17, 15) is 9.59 Å². The highest BCUT2D eigenvalue weighted by Gasteiger charge is 2.32. The fourth-order valence-corrected chi connectivity index (χ4v) is 1.83. The molecule has 4 nitrogen and oxygen atoms in total. The van der Waals surface area contributed by atoms with Gasteiger partial charge in [-0.1, -0.05) is 6.92 Å². The van der Waals surface area contributed by atoms with Crippen molar-refractivity contribution in [1.29, 1.82) is 0 Å². The van der Waals surface area contributed by atoms with Crippen LogP contribution in [0, 0.1) is 11.8 Å². The number of hydrogen-bond donors (Lipinski definition) is 1. The summed E-state index contributed by atoms with van der Waals surface area (Å²) in [6, 6.07) is 0. The highest BCUT2D eigenvalue weighted by Crippen LogP contribution is 2.33. The van der Waals surface area contributed by atoms with E-state index in [2.05, 4.69) is 5.32 Å². The lowest BCUT2D eigenvalue weighted by Crippen LogP contribution is -2.33. The van der Waals surface area contributed by atoms with E-state index in [0.29, 0.717) is 18.2 Å². The summed E-state index contributed by atoms with van der Waals surface area (Å²) in [5.41, 5.74) is -0.459. The average molecular weight is 255 g/mol. The van der Waals surface area contributed by atoms with E-state index in [1.165, 1.54) is 0 Å². The number of nitrogens with one attached hydrogen (secondary N) is 1. The van der Waals surface area contributed by atoms with Gasteiger partial charge in [0.2, 0.25) is 0 Å². The molecule has 1 fully saturated rings. The molecule has 1 aliphatic carbocycles. The Labute approximate surface area is 109 Å². The van der Waals surface area contributed by atoms with Gasteiger partial charge in [0.05, 0.1) is 0 Å². The van der Waals surface area contributed by atoms with Gasteiger partial charge in [-0.3, -0.25) is 4.79 Å². The molecule has 104 valence electrons. The van der Waals surface area contributed by atoms with E-state index in [1.54, 1.807) is 0 Å². The second-order valence-electron chi connectivity index (χ2n) is 6.15. The van der Waals surface area contributed by atoms with E-state index >= 15 is 0 Å². The first-order valence-corrected chi connectivity index (χ1v) is 6.80. The topological polar surface area (TPSA) is 55.4 Å². The van der Waals surface area contributed by atoms with Gasteiger partial charge < -0.3 is 10.1 Å². The van der Waals surface area contributed by atoms with Gasteiger partial charge in [-0.25, -0.2) is 4.79 Å². The van der Waals surface area contributed by atoms with Crippen LogP contribution in [0.25, 0.3) is 0 Å². The first kappa shape index (κ1) is 15.0. The molecule has 1 N–H and O–H groups in total. The molecule has 1 aliphatic rings. The normalized spacial score (nSPS) is 17.1. The summed E-state index contributed by atoms with van der Waals surface area (Å²) in [5, 5.41) is 2.71. The first-order chi connectivity index (χ1) is 8.29. The molecule has 0 aromatic carbocycles. The molecule has 18 heavy (non-hydrogen) atoms. The SMILES string of the molecule is CC(CCCNC(=O)OC(C)(C)C)C(=O)C1CC1. The lowest BCUT2D eigenvalue weighted by Gasteiger charge is -2.19. The summed E-state index contributed by atoms with van der Waals surface area (Å²) in [6.45, 7) is 8.06. The van der Waals surface area contributed by atoms with Crippen LogP contribution < -0.4 is 5.32 Å². The maximum absolute atomic E-state index is 11.7. The summed E-state index contributed by atoms with van der Waals surface area (Å²) in [5.74, 6) is 0.851. The molecule has 0 bridgehead atoms. The monoisotopic (exact) mass is 255 g/mol. The van der Waals surface area contributed by atoms with Gasteiger partial charge in [-0.2, -0.15) is 0 Å². The Morgan fingerprint density at radius 3 is 2.44 bits per heavy atom. The predicted molar refractivity (Wildman–Crippen MR) is 70.4 cm³/mol. The van der Waals surface area contributed by atoms with Crippen molar-refractivity contribution in [3.05, 3.63) is 0 Å². The summed E-state index contributed by atoms with van der Waals surface area (Å²) >= 11 is 0. The fraction of sp³-hybridized carbons (Fsp3) is 0.857. The van der Waals surface area contributed by atoms with Crippen LogP contribution in [0.2, 0.25) is 0 Å². The third-order valence-corrected chi connectivity index (χ3v) is 2.95. The van der Waals surface area contributed by atoms with Gasteiger partial charge in [0.25, 0.3) is 0 Å². The van der Waals surface area contributed by atoms with Gasteiger partial charge in [-0.05, 0) is 46.5 Å². The van der Waals surface area contributed by atoms with Crippen LogP contribution in [0.3, 0.4) is 0 Å². The minimum atomic E-state index is -0.459. The number of hydrogen-bond acceptors (Lipinski definition) is 3. The Balaban J connectivity index is 2.07.